The molecule has 21 heavy (non-hydrogen) atoms. The minimum Gasteiger partial charge on any atom is -0.348 e. The van der Waals surface area contributed by atoms with Gasteiger partial charge >= 0.3 is 0 Å². The Morgan fingerprint density at radius 2 is 2.29 bits per heavy atom. The molecular weight excluding hydrogens is 276 g/mol. The van der Waals surface area contributed by atoms with Crippen molar-refractivity contribution in [2.45, 2.75) is 6.54 Å². The molecule has 0 aliphatic heterocycles. The Balaban J connectivity index is 2.19. The second-order valence-corrected chi connectivity index (χ2v) is 4.34. The Kier molecular flexibility index (Phi) is 4.14. The van der Waals surface area contributed by atoms with Crippen molar-refractivity contribution in [2.75, 3.05) is 5.43 Å². The normalized spacial score (nSPS) is 10.2. The maximum absolute atomic E-state index is 12.1. The van der Waals surface area contributed by atoms with Crippen LogP contribution in [0.2, 0.25) is 0 Å². The van der Waals surface area contributed by atoms with Crippen molar-refractivity contribution >= 4 is 17.3 Å². The van der Waals surface area contributed by atoms with E-state index in [0.717, 1.165) is 5.56 Å². The number of nitrogens with zero attached hydrogens (tertiary/aromatic N) is 3. The molecule has 0 saturated heterocycles. The van der Waals surface area contributed by atoms with Crippen molar-refractivity contribution in [3.8, 4) is 0 Å². The van der Waals surface area contributed by atoms with Gasteiger partial charge in [0.05, 0.1) is 11.1 Å². The van der Waals surface area contributed by atoms with Crippen LogP contribution in [0.3, 0.4) is 0 Å². The van der Waals surface area contributed by atoms with Crippen LogP contribution in [-0.4, -0.2) is 20.6 Å². The van der Waals surface area contributed by atoms with Crippen LogP contribution in [-0.2, 0) is 13.6 Å². The summed E-state index contributed by atoms with van der Waals surface area (Å²) in [6.45, 7) is 0.226. The topological polar surface area (TPSA) is 128 Å². The Morgan fingerprint density at radius 3 is 2.86 bits per heavy atom. The molecule has 0 spiro atoms. The van der Waals surface area contributed by atoms with E-state index in [4.69, 9.17) is 5.84 Å². The summed E-state index contributed by atoms with van der Waals surface area (Å²) in [5.41, 5.74) is 3.22. The summed E-state index contributed by atoms with van der Waals surface area (Å²) in [6.07, 6.45) is 3.35. The van der Waals surface area contributed by atoms with Crippen LogP contribution in [0, 0.1) is 10.1 Å². The number of aryl methyl sites for hydroxylation is 1. The first kappa shape index (κ1) is 14.5. The Morgan fingerprint density at radius 1 is 1.52 bits per heavy atom. The number of hydrogen-bond donors (Lipinski definition) is 3. The van der Waals surface area contributed by atoms with Gasteiger partial charge in [-0.1, -0.05) is 0 Å². The number of nitro groups is 1. The van der Waals surface area contributed by atoms with Gasteiger partial charge in [-0.3, -0.25) is 25.4 Å². The highest BCUT2D eigenvalue weighted by molar-refractivity contribution is 5.99. The monoisotopic (exact) mass is 290 g/mol. The molecule has 0 aliphatic rings. The lowest BCUT2D eigenvalue weighted by Crippen LogP contribution is -2.24. The third-order valence-corrected chi connectivity index (χ3v) is 2.82. The molecule has 0 radical (unpaired) electrons. The van der Waals surface area contributed by atoms with E-state index in [1.807, 2.05) is 0 Å². The van der Waals surface area contributed by atoms with E-state index in [2.05, 4.69) is 15.8 Å². The van der Waals surface area contributed by atoms with Crippen LogP contribution in [0.1, 0.15) is 15.9 Å². The van der Waals surface area contributed by atoms with Crippen LogP contribution in [0.4, 0.5) is 11.4 Å². The highest BCUT2D eigenvalue weighted by Gasteiger charge is 2.20. The number of nitrogens with two attached hydrogens (primary N) is 1. The van der Waals surface area contributed by atoms with Crippen LogP contribution in [0.5, 0.6) is 0 Å². The van der Waals surface area contributed by atoms with Crippen LogP contribution in [0.15, 0.2) is 30.6 Å². The molecule has 0 unspecified atom stereocenters. The summed E-state index contributed by atoms with van der Waals surface area (Å²) >= 11 is 0. The molecule has 9 nitrogen and oxygen atoms in total. The number of nitrogen functional groups attached to an aromatic ring is 1. The number of anilines is 1. The first-order chi connectivity index (χ1) is 10.0. The first-order valence-corrected chi connectivity index (χ1v) is 6.02. The van der Waals surface area contributed by atoms with Gasteiger partial charge in [0.25, 0.3) is 11.6 Å². The van der Waals surface area contributed by atoms with E-state index in [1.54, 1.807) is 24.1 Å². The number of aromatic nitrogens is 2. The van der Waals surface area contributed by atoms with E-state index in [9.17, 15) is 14.9 Å². The van der Waals surface area contributed by atoms with Gasteiger partial charge in [0.2, 0.25) is 0 Å². The Labute approximate surface area is 119 Å². The highest BCUT2D eigenvalue weighted by atomic mass is 16.6. The number of benzene rings is 1. The number of amides is 1. The molecular formula is C12H14N6O3. The van der Waals surface area contributed by atoms with Crippen molar-refractivity contribution in [1.29, 1.82) is 0 Å². The largest absolute Gasteiger partial charge is 0.348 e. The Bertz CT molecular complexity index is 681. The number of hydrogen-bond acceptors (Lipinski definition) is 6. The van der Waals surface area contributed by atoms with Gasteiger partial charge in [0.1, 0.15) is 5.56 Å². The fraction of sp³-hybridized carbons (Fsp3) is 0.167. The minimum atomic E-state index is -0.612. The van der Waals surface area contributed by atoms with E-state index in [-0.39, 0.29) is 17.8 Å². The van der Waals surface area contributed by atoms with Crippen LogP contribution in [0.25, 0.3) is 0 Å². The third kappa shape index (κ3) is 3.34. The lowest BCUT2D eigenvalue weighted by molar-refractivity contribution is -0.385. The first-order valence-electron chi connectivity index (χ1n) is 6.02. The SMILES string of the molecule is Cn1cc(CNC(=O)c2cc(NN)ccc2[N+](=O)[O-])cn1. The van der Waals surface area contributed by atoms with Gasteiger partial charge in [-0.2, -0.15) is 5.10 Å². The number of carbonyl (C=O) groups excluding carboxylic acids is 1. The van der Waals surface area contributed by atoms with Crippen LogP contribution >= 0.6 is 0 Å². The molecule has 0 saturated carbocycles. The quantitative estimate of drug-likeness (QED) is 0.419. The summed E-state index contributed by atoms with van der Waals surface area (Å²) in [7, 11) is 1.76. The maximum atomic E-state index is 12.1. The number of nitrogens with one attached hydrogen (secondary N) is 2. The van der Waals surface area contributed by atoms with Crippen molar-refractivity contribution in [2.24, 2.45) is 12.9 Å². The van der Waals surface area contributed by atoms with Crippen molar-refractivity contribution in [3.63, 3.8) is 0 Å². The molecule has 2 rings (SSSR count). The number of hydrazine groups is 1. The summed E-state index contributed by atoms with van der Waals surface area (Å²) in [5, 5.41) is 17.5. The van der Waals surface area contributed by atoms with Gasteiger partial charge in [0, 0.05) is 37.1 Å². The zero-order valence-electron chi connectivity index (χ0n) is 11.2. The molecule has 110 valence electrons. The van der Waals surface area contributed by atoms with Gasteiger partial charge in [0.15, 0.2) is 0 Å². The molecule has 1 heterocycles. The number of rotatable bonds is 5. The predicted octanol–water partition coefficient (Wildman–Crippen LogP) is 0.544. The highest BCUT2D eigenvalue weighted by Crippen LogP contribution is 2.22. The van der Waals surface area contributed by atoms with Gasteiger partial charge in [-0.25, -0.2) is 0 Å². The molecule has 0 atom stereocenters. The summed E-state index contributed by atoms with van der Waals surface area (Å²) in [5.74, 6) is 4.70. The maximum Gasteiger partial charge on any atom is 0.282 e. The number of carbonyl (C=O) groups is 1. The predicted molar refractivity (Wildman–Crippen MR) is 75.3 cm³/mol. The Hall–Kier alpha value is -2.94. The molecule has 9 heteroatoms. The number of nitro benzene ring substituents is 1. The lowest BCUT2D eigenvalue weighted by atomic mass is 10.1. The smallest absolute Gasteiger partial charge is 0.282 e. The molecule has 0 aliphatic carbocycles. The van der Waals surface area contributed by atoms with Crippen molar-refractivity contribution in [3.05, 3.63) is 51.8 Å². The van der Waals surface area contributed by atoms with Crippen molar-refractivity contribution in [1.82, 2.24) is 15.1 Å². The second-order valence-electron chi connectivity index (χ2n) is 4.34. The second kappa shape index (κ2) is 6.01. The molecule has 0 bridgehead atoms. The third-order valence-electron chi connectivity index (χ3n) is 2.82. The zero-order valence-corrected chi connectivity index (χ0v) is 11.2. The fourth-order valence-corrected chi connectivity index (χ4v) is 1.81. The molecule has 0 fully saturated rings. The van der Waals surface area contributed by atoms with E-state index >= 15 is 0 Å². The molecule has 1 aromatic carbocycles. The zero-order chi connectivity index (χ0) is 15.4. The van der Waals surface area contributed by atoms with E-state index < -0.39 is 10.8 Å². The van der Waals surface area contributed by atoms with E-state index in [1.165, 1.54) is 18.2 Å². The lowest BCUT2D eigenvalue weighted by Gasteiger charge is -2.07. The van der Waals surface area contributed by atoms with Gasteiger partial charge in [-0.15, -0.1) is 0 Å². The average molecular weight is 290 g/mol. The summed E-state index contributed by atoms with van der Waals surface area (Å²) in [6, 6.07) is 3.99. The molecule has 1 amide bonds. The van der Waals surface area contributed by atoms with Crippen molar-refractivity contribution < 1.29 is 9.72 Å². The van der Waals surface area contributed by atoms with Crippen LogP contribution < -0.4 is 16.6 Å². The molecule has 2 aromatic rings. The average Bonchev–Trinajstić information content (AvgIpc) is 2.89. The standard InChI is InChI=1S/C12H14N6O3/c1-17-7-8(6-15-17)5-14-12(19)10-4-9(16-13)2-3-11(10)18(20)21/h2-4,6-7,16H,5,13H2,1H3,(H,14,19). The molecule has 4 N–H and O–H groups in total. The molecule has 1 aromatic heterocycles. The minimum absolute atomic E-state index is 0.0562. The van der Waals surface area contributed by atoms with Gasteiger partial charge < -0.3 is 10.7 Å². The fourth-order valence-electron chi connectivity index (χ4n) is 1.81. The summed E-state index contributed by atoms with van der Waals surface area (Å²) < 4.78 is 1.60. The van der Waals surface area contributed by atoms with E-state index in [0.29, 0.717) is 5.69 Å². The summed E-state index contributed by atoms with van der Waals surface area (Å²) in [4.78, 5) is 22.5. The van der Waals surface area contributed by atoms with Gasteiger partial charge in [-0.05, 0) is 12.1 Å².